The predicted molar refractivity (Wildman–Crippen MR) is 76.8 cm³/mol. The van der Waals surface area contributed by atoms with Gasteiger partial charge >= 0.3 is 6.09 Å². The van der Waals surface area contributed by atoms with Crippen LogP contribution in [0.15, 0.2) is 18.2 Å². The van der Waals surface area contributed by atoms with Gasteiger partial charge in [0.05, 0.1) is 7.11 Å². The lowest BCUT2D eigenvalue weighted by molar-refractivity contribution is 0.0706. The van der Waals surface area contributed by atoms with Crippen molar-refractivity contribution in [1.82, 2.24) is 10.2 Å². The van der Waals surface area contributed by atoms with Gasteiger partial charge in [-0.05, 0) is 24.6 Å². The molecule has 0 saturated carbocycles. The fourth-order valence-corrected chi connectivity index (χ4v) is 2.38. The van der Waals surface area contributed by atoms with Crippen molar-refractivity contribution < 1.29 is 18.7 Å². The minimum absolute atomic E-state index is 0.0950. The Kier molecular flexibility index (Phi) is 5.38. The molecule has 0 spiro atoms. The summed E-state index contributed by atoms with van der Waals surface area (Å²) in [7, 11) is 1.51. The average molecular weight is 296 g/mol. The number of benzene rings is 1. The van der Waals surface area contributed by atoms with Gasteiger partial charge in [0.25, 0.3) is 0 Å². The third-order valence-electron chi connectivity index (χ3n) is 3.66. The first-order valence-corrected chi connectivity index (χ1v) is 7.12. The van der Waals surface area contributed by atoms with Gasteiger partial charge in [-0.3, -0.25) is 0 Å². The minimum Gasteiger partial charge on any atom is -0.497 e. The van der Waals surface area contributed by atoms with Gasteiger partial charge < -0.3 is 19.7 Å². The zero-order chi connectivity index (χ0) is 15.2. The number of carbonyl (C=O) groups excluding carboxylic acids is 1. The lowest BCUT2D eigenvalue weighted by Crippen LogP contribution is -2.53. The molecule has 1 aromatic rings. The number of ether oxygens (including phenoxy) is 2. The number of hydrogen-bond acceptors (Lipinski definition) is 4. The Hall–Kier alpha value is -1.82. The number of halogens is 1. The Morgan fingerprint density at radius 2 is 2.33 bits per heavy atom. The van der Waals surface area contributed by atoms with Crippen molar-refractivity contribution in [2.45, 2.75) is 26.0 Å². The Morgan fingerprint density at radius 1 is 1.52 bits per heavy atom. The Bertz CT molecular complexity index is 496. The number of amides is 1. The van der Waals surface area contributed by atoms with E-state index in [1.54, 1.807) is 4.90 Å². The maximum absolute atomic E-state index is 13.7. The van der Waals surface area contributed by atoms with Crippen LogP contribution in [0.25, 0.3) is 0 Å². The van der Waals surface area contributed by atoms with Gasteiger partial charge in [-0.2, -0.15) is 0 Å². The largest absolute Gasteiger partial charge is 0.497 e. The van der Waals surface area contributed by atoms with Crippen molar-refractivity contribution in [3.8, 4) is 5.75 Å². The van der Waals surface area contributed by atoms with Crippen LogP contribution in [0.1, 0.15) is 18.9 Å². The van der Waals surface area contributed by atoms with Crippen LogP contribution in [-0.4, -0.2) is 43.8 Å². The minimum atomic E-state index is -0.407. The van der Waals surface area contributed by atoms with Crippen molar-refractivity contribution in [3.63, 3.8) is 0 Å². The van der Waals surface area contributed by atoms with E-state index in [1.165, 1.54) is 25.3 Å². The molecule has 116 valence electrons. The molecule has 0 radical (unpaired) electrons. The van der Waals surface area contributed by atoms with Crippen LogP contribution < -0.4 is 10.1 Å². The van der Waals surface area contributed by atoms with Gasteiger partial charge in [0.1, 0.15) is 18.2 Å². The van der Waals surface area contributed by atoms with E-state index in [1.807, 2.05) is 6.92 Å². The van der Waals surface area contributed by atoms with Crippen LogP contribution in [0.4, 0.5) is 9.18 Å². The monoisotopic (exact) mass is 296 g/mol. The van der Waals surface area contributed by atoms with Crippen molar-refractivity contribution in [2.75, 3.05) is 26.7 Å². The molecular formula is C15H21FN2O3. The van der Waals surface area contributed by atoms with Gasteiger partial charge in [0, 0.05) is 31.2 Å². The molecule has 2 rings (SSSR count). The van der Waals surface area contributed by atoms with Crippen molar-refractivity contribution in [1.29, 1.82) is 0 Å². The van der Waals surface area contributed by atoms with Crippen LogP contribution in [0.2, 0.25) is 0 Å². The standard InChI is InChI=1S/C15H21FN2O3/c1-3-12-9-17-6-7-18(12)15(19)21-10-11-8-13(20-2)4-5-14(11)16/h4-5,8,12,17H,3,6-7,9-10H2,1-2H3. The summed E-state index contributed by atoms with van der Waals surface area (Å²) in [6, 6.07) is 4.50. The Labute approximate surface area is 124 Å². The number of rotatable bonds is 4. The fourth-order valence-electron chi connectivity index (χ4n) is 2.38. The molecule has 21 heavy (non-hydrogen) atoms. The molecule has 0 bridgehead atoms. The predicted octanol–water partition coefficient (Wildman–Crippen LogP) is 2.15. The van der Waals surface area contributed by atoms with Crippen LogP contribution in [-0.2, 0) is 11.3 Å². The van der Waals surface area contributed by atoms with Crippen molar-refractivity contribution >= 4 is 6.09 Å². The number of methoxy groups -OCH3 is 1. The molecule has 1 aliphatic rings. The van der Waals surface area contributed by atoms with Crippen molar-refractivity contribution in [2.24, 2.45) is 0 Å². The number of piperazine rings is 1. The molecule has 1 amide bonds. The summed E-state index contributed by atoms with van der Waals surface area (Å²) >= 11 is 0. The fraction of sp³-hybridized carbons (Fsp3) is 0.533. The second-order valence-corrected chi connectivity index (χ2v) is 4.97. The maximum atomic E-state index is 13.7. The number of hydrogen-bond donors (Lipinski definition) is 1. The van der Waals surface area contributed by atoms with E-state index in [-0.39, 0.29) is 12.6 Å². The molecule has 0 aromatic heterocycles. The first-order valence-electron chi connectivity index (χ1n) is 7.12. The zero-order valence-corrected chi connectivity index (χ0v) is 12.4. The van der Waals surface area contributed by atoms with Gasteiger partial charge in [0.2, 0.25) is 0 Å². The second-order valence-electron chi connectivity index (χ2n) is 4.97. The van der Waals surface area contributed by atoms with Crippen LogP contribution in [0, 0.1) is 5.82 Å². The summed E-state index contributed by atoms with van der Waals surface area (Å²) in [5.74, 6) is 0.131. The molecule has 1 atom stereocenters. The second kappa shape index (κ2) is 7.26. The zero-order valence-electron chi connectivity index (χ0n) is 12.4. The summed E-state index contributed by atoms with van der Waals surface area (Å²) in [6.45, 7) is 4.05. The van der Waals surface area contributed by atoms with E-state index in [0.717, 1.165) is 19.5 Å². The number of nitrogens with one attached hydrogen (secondary N) is 1. The third kappa shape index (κ3) is 3.85. The molecule has 1 heterocycles. The van der Waals surface area contributed by atoms with Crippen molar-refractivity contribution in [3.05, 3.63) is 29.6 Å². The number of nitrogens with zero attached hydrogens (tertiary/aromatic N) is 1. The first kappa shape index (κ1) is 15.6. The average Bonchev–Trinajstić information content (AvgIpc) is 2.53. The van der Waals surface area contributed by atoms with Gasteiger partial charge in [-0.25, -0.2) is 9.18 Å². The molecular weight excluding hydrogens is 275 g/mol. The summed E-state index contributed by atoms with van der Waals surface area (Å²) in [5.41, 5.74) is 0.311. The summed E-state index contributed by atoms with van der Waals surface area (Å²) in [5, 5.41) is 3.24. The van der Waals surface area contributed by atoms with Crippen LogP contribution >= 0.6 is 0 Å². The van der Waals surface area contributed by atoms with Crippen LogP contribution in [0.3, 0.4) is 0 Å². The van der Waals surface area contributed by atoms with Gasteiger partial charge in [-0.15, -0.1) is 0 Å². The molecule has 1 N–H and O–H groups in total. The van der Waals surface area contributed by atoms with Gasteiger partial charge in [-0.1, -0.05) is 6.92 Å². The topological polar surface area (TPSA) is 50.8 Å². The Balaban J connectivity index is 1.97. The highest BCUT2D eigenvalue weighted by molar-refractivity contribution is 5.68. The van der Waals surface area contributed by atoms with E-state index >= 15 is 0 Å². The highest BCUT2D eigenvalue weighted by Gasteiger charge is 2.26. The highest BCUT2D eigenvalue weighted by atomic mass is 19.1. The van der Waals surface area contributed by atoms with Crippen LogP contribution in [0.5, 0.6) is 5.75 Å². The van der Waals surface area contributed by atoms with Gasteiger partial charge in [0.15, 0.2) is 0 Å². The summed E-state index contributed by atoms with van der Waals surface area (Å²) in [6.07, 6.45) is 0.459. The lowest BCUT2D eigenvalue weighted by Gasteiger charge is -2.34. The third-order valence-corrected chi connectivity index (χ3v) is 3.66. The summed E-state index contributed by atoms with van der Waals surface area (Å²) < 4.78 is 24.0. The molecule has 5 nitrogen and oxygen atoms in total. The molecule has 6 heteroatoms. The maximum Gasteiger partial charge on any atom is 0.410 e. The smallest absolute Gasteiger partial charge is 0.410 e. The number of carbonyl (C=O) groups is 1. The van der Waals surface area contributed by atoms with E-state index in [9.17, 15) is 9.18 Å². The lowest BCUT2D eigenvalue weighted by atomic mass is 10.1. The SMILES string of the molecule is CCC1CNCCN1C(=O)OCc1cc(OC)ccc1F. The summed E-state index contributed by atoms with van der Waals surface area (Å²) in [4.78, 5) is 13.8. The normalized spacial score (nSPS) is 18.4. The Morgan fingerprint density at radius 3 is 3.05 bits per heavy atom. The molecule has 1 aromatic carbocycles. The molecule has 1 aliphatic heterocycles. The molecule has 1 fully saturated rings. The van der Waals surface area contributed by atoms with E-state index < -0.39 is 11.9 Å². The molecule has 1 saturated heterocycles. The van der Waals surface area contributed by atoms with E-state index in [0.29, 0.717) is 17.9 Å². The highest BCUT2D eigenvalue weighted by Crippen LogP contribution is 2.18. The quantitative estimate of drug-likeness (QED) is 0.925. The first-order chi connectivity index (χ1) is 10.2. The molecule has 0 aliphatic carbocycles. The van der Waals surface area contributed by atoms with E-state index in [2.05, 4.69) is 5.32 Å². The van der Waals surface area contributed by atoms with E-state index in [4.69, 9.17) is 9.47 Å². The molecule has 1 unspecified atom stereocenters.